The van der Waals surface area contributed by atoms with Gasteiger partial charge in [-0.1, -0.05) is 11.6 Å². The Labute approximate surface area is 221 Å². The number of hydrogen-bond acceptors (Lipinski definition) is 6. The Kier molecular flexibility index (Phi) is 6.74. The molecule has 2 amide bonds. The van der Waals surface area contributed by atoms with E-state index in [2.05, 4.69) is 15.6 Å². The third-order valence-electron chi connectivity index (χ3n) is 7.97. The number of alkyl halides is 2. The lowest BCUT2D eigenvalue weighted by Crippen LogP contribution is -2.62. The fraction of sp³-hybridized carbons (Fsp3) is 0.560. The van der Waals surface area contributed by atoms with E-state index in [1.54, 1.807) is 11.6 Å². The molecule has 2 heterocycles. The number of nitrogens with one attached hydrogen (secondary N) is 2. The van der Waals surface area contributed by atoms with E-state index in [0.29, 0.717) is 24.2 Å². The highest BCUT2D eigenvalue weighted by Crippen LogP contribution is 2.57. The summed E-state index contributed by atoms with van der Waals surface area (Å²) in [6.07, 6.45) is 1.78. The number of anilines is 1. The highest BCUT2D eigenvalue weighted by atomic mass is 35.5. The molecule has 2 aliphatic carbocycles. The van der Waals surface area contributed by atoms with Crippen molar-refractivity contribution in [3.8, 4) is 0 Å². The van der Waals surface area contributed by atoms with Gasteiger partial charge in [0.05, 0.1) is 36.8 Å². The summed E-state index contributed by atoms with van der Waals surface area (Å²) in [6.45, 7) is -0.499. The van der Waals surface area contributed by atoms with Crippen molar-refractivity contribution < 1.29 is 37.7 Å². The van der Waals surface area contributed by atoms with E-state index in [1.807, 2.05) is 0 Å². The molecule has 3 fully saturated rings. The molecule has 0 bridgehead atoms. The molecule has 9 nitrogen and oxygen atoms in total. The largest absolute Gasteiger partial charge is 0.383 e. The number of amides is 2. The van der Waals surface area contributed by atoms with Gasteiger partial charge in [0.1, 0.15) is 22.7 Å². The Morgan fingerprint density at radius 1 is 1.24 bits per heavy atom. The molecule has 13 heteroatoms. The average molecular weight is 557 g/mol. The van der Waals surface area contributed by atoms with E-state index >= 15 is 8.78 Å². The second kappa shape index (κ2) is 9.51. The minimum absolute atomic E-state index is 0.0557. The molecule has 1 aromatic carbocycles. The van der Waals surface area contributed by atoms with Crippen LogP contribution in [0.4, 0.5) is 18.9 Å². The highest BCUT2D eigenvalue weighted by molar-refractivity contribution is 6.31. The van der Waals surface area contributed by atoms with Crippen LogP contribution >= 0.6 is 11.6 Å². The quantitative estimate of drug-likeness (QED) is 0.415. The van der Waals surface area contributed by atoms with Crippen LogP contribution in [0.5, 0.6) is 0 Å². The Hall–Kier alpha value is -2.67. The minimum Gasteiger partial charge on any atom is -0.383 e. The molecule has 1 saturated heterocycles. The lowest BCUT2D eigenvalue weighted by Gasteiger charge is -2.37. The Bertz CT molecular complexity index is 1250. The monoisotopic (exact) mass is 556 g/mol. The van der Waals surface area contributed by atoms with E-state index in [1.165, 1.54) is 18.5 Å². The van der Waals surface area contributed by atoms with E-state index < -0.39 is 34.8 Å². The summed E-state index contributed by atoms with van der Waals surface area (Å²) in [5.74, 6) is -7.54. The van der Waals surface area contributed by atoms with Gasteiger partial charge >= 0.3 is 5.92 Å². The second-order valence-electron chi connectivity index (χ2n) is 10.8. The molecule has 4 N–H and O–H groups in total. The first-order valence-electron chi connectivity index (χ1n) is 12.3. The van der Waals surface area contributed by atoms with Crippen LogP contribution in [-0.4, -0.2) is 68.5 Å². The summed E-state index contributed by atoms with van der Waals surface area (Å²) in [5.41, 5.74) is -2.78. The van der Waals surface area contributed by atoms with Crippen molar-refractivity contribution >= 4 is 29.1 Å². The maximum absolute atomic E-state index is 15.1. The zero-order valence-electron chi connectivity index (χ0n) is 20.5. The molecule has 2 saturated carbocycles. The van der Waals surface area contributed by atoms with Crippen LogP contribution < -0.4 is 10.6 Å². The van der Waals surface area contributed by atoms with Gasteiger partial charge in [-0.15, -0.1) is 0 Å². The second-order valence-corrected chi connectivity index (χ2v) is 11.2. The summed E-state index contributed by atoms with van der Waals surface area (Å²) < 4.78 is 50.0. The number of hydrogen-bond donors (Lipinski definition) is 4. The molecular weight excluding hydrogens is 529 g/mol. The van der Waals surface area contributed by atoms with E-state index in [4.69, 9.17) is 16.3 Å². The number of imidazole rings is 1. The van der Waals surface area contributed by atoms with E-state index in [0.717, 1.165) is 6.07 Å². The van der Waals surface area contributed by atoms with Crippen molar-refractivity contribution in [2.24, 2.45) is 18.9 Å². The lowest BCUT2D eigenvalue weighted by atomic mass is 9.87. The number of rotatable bonds is 7. The number of aromatic nitrogens is 2. The first kappa shape index (κ1) is 26.9. The molecular formula is C25H28ClF3N4O5. The number of carbonyl (C=O) groups excluding carboxylic acids is 2. The van der Waals surface area contributed by atoms with Crippen LogP contribution in [-0.2, 0) is 16.6 Å². The summed E-state index contributed by atoms with van der Waals surface area (Å²) in [6, 6.07) is 3.82. The van der Waals surface area contributed by atoms with Gasteiger partial charge in [0.15, 0.2) is 0 Å². The van der Waals surface area contributed by atoms with Crippen molar-refractivity contribution in [3.63, 3.8) is 0 Å². The molecule has 5 rings (SSSR count). The topological polar surface area (TPSA) is 126 Å². The molecule has 0 spiro atoms. The zero-order valence-corrected chi connectivity index (χ0v) is 21.3. The minimum atomic E-state index is -4.04. The van der Waals surface area contributed by atoms with Crippen LogP contribution in [0.25, 0.3) is 0 Å². The zero-order chi connectivity index (χ0) is 27.5. The van der Waals surface area contributed by atoms with Gasteiger partial charge < -0.3 is 30.2 Å². The van der Waals surface area contributed by atoms with Gasteiger partial charge in [-0.2, -0.15) is 8.78 Å². The molecule has 38 heavy (non-hydrogen) atoms. The summed E-state index contributed by atoms with van der Waals surface area (Å²) in [5, 5.41) is 25.5. The number of fused-ring (bicyclic) bond motifs is 1. The molecule has 1 aromatic heterocycles. The Balaban J connectivity index is 1.25. The Morgan fingerprint density at radius 3 is 2.47 bits per heavy atom. The molecule has 2 unspecified atom stereocenters. The number of aliphatic hydroxyl groups is 2. The molecule has 2 atom stereocenters. The first-order chi connectivity index (χ1) is 17.8. The standard InChI is InChI=1S/C25H28ClF3N4O5/c1-33-12-31-19(20(33)21(34)32-16-2-3-18(27)17(26)6-16)13-4-14-7-24(37,8-15(14)5-13)25(28,29)22(35)30-9-23(36)10-38-11-23/h2-3,6,12-15,36-37H,4-5,7-11H2,1H3,(H,30,35)(H,32,34). The van der Waals surface area contributed by atoms with Crippen LogP contribution in [0.1, 0.15) is 47.8 Å². The van der Waals surface area contributed by atoms with Crippen molar-refractivity contribution in [1.29, 1.82) is 0 Å². The first-order valence-corrected chi connectivity index (χ1v) is 12.7. The normalized spacial score (nSPS) is 28.0. The Morgan fingerprint density at radius 2 is 1.89 bits per heavy atom. The van der Waals surface area contributed by atoms with Gasteiger partial charge in [0.25, 0.3) is 11.8 Å². The van der Waals surface area contributed by atoms with Crippen molar-refractivity contribution in [2.75, 3.05) is 25.1 Å². The highest BCUT2D eigenvalue weighted by Gasteiger charge is 2.64. The molecule has 206 valence electrons. The summed E-state index contributed by atoms with van der Waals surface area (Å²) >= 11 is 5.81. The predicted molar refractivity (Wildman–Crippen MR) is 129 cm³/mol. The number of halogens is 4. The third-order valence-corrected chi connectivity index (χ3v) is 8.26. The van der Waals surface area contributed by atoms with Crippen LogP contribution in [0.15, 0.2) is 24.5 Å². The number of carbonyl (C=O) groups is 2. The van der Waals surface area contributed by atoms with Gasteiger partial charge in [-0.05, 0) is 55.7 Å². The average Bonchev–Trinajstić information content (AvgIpc) is 3.49. The summed E-state index contributed by atoms with van der Waals surface area (Å²) in [4.78, 5) is 29.8. The molecule has 3 aliphatic rings. The number of nitrogens with zero attached hydrogens (tertiary/aromatic N) is 2. The van der Waals surface area contributed by atoms with Crippen molar-refractivity contribution in [3.05, 3.63) is 46.8 Å². The molecule has 1 aliphatic heterocycles. The molecule has 2 aromatic rings. The van der Waals surface area contributed by atoms with Crippen molar-refractivity contribution in [2.45, 2.75) is 48.7 Å². The van der Waals surface area contributed by atoms with Crippen LogP contribution in [0, 0.1) is 17.7 Å². The third kappa shape index (κ3) is 4.67. The predicted octanol–water partition coefficient (Wildman–Crippen LogP) is 2.61. The number of benzene rings is 1. The van der Waals surface area contributed by atoms with Gasteiger partial charge in [-0.25, -0.2) is 9.37 Å². The number of ether oxygens (including phenoxy) is 1. The lowest BCUT2D eigenvalue weighted by molar-refractivity contribution is -0.199. The summed E-state index contributed by atoms with van der Waals surface area (Å²) in [7, 11) is 1.66. The number of aryl methyl sites for hydroxylation is 1. The van der Waals surface area contributed by atoms with E-state index in [-0.39, 0.29) is 61.1 Å². The fourth-order valence-electron chi connectivity index (χ4n) is 5.94. The maximum atomic E-state index is 15.1. The van der Waals surface area contributed by atoms with Crippen molar-refractivity contribution in [1.82, 2.24) is 14.9 Å². The van der Waals surface area contributed by atoms with Gasteiger partial charge in [-0.3, -0.25) is 9.59 Å². The van der Waals surface area contributed by atoms with Crippen LogP contribution in [0.2, 0.25) is 5.02 Å². The fourth-order valence-corrected chi connectivity index (χ4v) is 6.12. The van der Waals surface area contributed by atoms with E-state index in [9.17, 15) is 24.2 Å². The smallest absolute Gasteiger partial charge is 0.352 e. The molecule has 0 radical (unpaired) electrons. The van der Waals surface area contributed by atoms with Crippen LogP contribution in [0.3, 0.4) is 0 Å². The maximum Gasteiger partial charge on any atom is 0.352 e. The van der Waals surface area contributed by atoms with Gasteiger partial charge in [0.2, 0.25) is 0 Å². The van der Waals surface area contributed by atoms with Gasteiger partial charge in [0, 0.05) is 18.7 Å². The SMILES string of the molecule is Cn1cnc(C2CC3CC(O)(C(F)(F)C(=O)NCC4(O)COC4)CC3C2)c1C(=O)Nc1ccc(F)c(Cl)c1.